The Labute approximate surface area is 653 Å². The fourth-order valence-electron chi connectivity index (χ4n) is 12.7. The summed E-state index contributed by atoms with van der Waals surface area (Å²) in [7, 11) is -17.0. The van der Waals surface area contributed by atoms with Crippen LogP contribution in [-0.4, -0.2) is 311 Å². The fourth-order valence-corrected chi connectivity index (χ4v) is 15.3. The molecule has 0 spiro atoms. The molecule has 0 bridgehead atoms. The zero-order valence-electron chi connectivity index (χ0n) is 63.5. The molecule has 3 aliphatic rings. The van der Waals surface area contributed by atoms with Crippen molar-refractivity contribution in [3.05, 3.63) is 95.7 Å². The summed E-state index contributed by atoms with van der Waals surface area (Å²) in [6.07, 6.45) is 8.61. The molecule has 0 aliphatic carbocycles. The topological polar surface area (TPSA) is 446 Å². The molecule has 2 atom stereocenters. The molecule has 0 N–H and O–H groups in total. The summed E-state index contributed by atoms with van der Waals surface area (Å²) >= 11 is 0. The molecule has 39 heteroatoms. The third kappa shape index (κ3) is 27.7. The fraction of sp³-hybridized carbons (Fsp3) is 0.589. The number of fused-ring (bicyclic) bond motifs is 6. The number of carbonyl (C=O) groups is 3. The predicted octanol–water partition coefficient (Wildman–Crippen LogP) is 3.67. The van der Waals surface area contributed by atoms with Gasteiger partial charge in [-0.2, -0.15) is 4.58 Å². The van der Waals surface area contributed by atoms with Crippen LogP contribution in [0.4, 0.5) is 11.4 Å². The van der Waals surface area contributed by atoms with Crippen LogP contribution in [0.3, 0.4) is 0 Å². The highest BCUT2D eigenvalue weighted by molar-refractivity contribution is 7.87. The van der Waals surface area contributed by atoms with Crippen LogP contribution < -0.4 is 4.90 Å². The van der Waals surface area contributed by atoms with E-state index in [0.29, 0.717) is 111 Å². The van der Waals surface area contributed by atoms with Gasteiger partial charge in [-0.15, -0.1) is 5.06 Å². The highest BCUT2D eigenvalue weighted by atomic mass is 32.2. The van der Waals surface area contributed by atoms with Gasteiger partial charge in [0.1, 0.15) is 47.1 Å². The Hall–Kier alpha value is -6.30. The van der Waals surface area contributed by atoms with Gasteiger partial charge >= 0.3 is 5.97 Å². The zero-order valence-corrected chi connectivity index (χ0v) is 66.8. The number of benzene rings is 4. The van der Waals surface area contributed by atoms with Crippen molar-refractivity contribution < 1.29 is 151 Å². The molecule has 0 radical (unpaired) electrons. The second-order valence-electron chi connectivity index (χ2n) is 25.7. The van der Waals surface area contributed by atoms with E-state index in [1.165, 1.54) is 12.1 Å². The van der Waals surface area contributed by atoms with Crippen LogP contribution in [0.5, 0.6) is 0 Å². The number of methoxy groups -OCH3 is 3. The molecule has 3 aliphatic heterocycles. The molecule has 3 heterocycles. The maximum absolute atomic E-state index is 13.1. The number of hydrogen-bond donors (Lipinski definition) is 0. The maximum atomic E-state index is 13.1. The molecule has 112 heavy (non-hydrogen) atoms. The van der Waals surface area contributed by atoms with Crippen molar-refractivity contribution in [2.24, 2.45) is 0 Å². The molecule has 2 amide bonds. The SMILES string of the molecule is COCCOCCOCCOCC[N+]1=C(/C=C/C=C/C=C2/N(CCOCCOCCOCCOCCC(=O)ON3C(=O)CCC3=O)c3ccc4c(S(=O)(=O)[O-])cc(S(=O)(=O)[O-])cc4c3C2(C)CCOCCOCCOCCOC)C(C)(CCOCCOCCOCCOC)c2c1ccc1c(S(=O)(=O)[O-])cc(S(=O)(=O)[O-])cc21. The molecular weight excluding hydrogens is 1560 g/mol. The first-order valence-corrected chi connectivity index (χ1v) is 41.8. The number of allylic oxidation sites excluding steroid dienone is 6. The number of hydroxylamine groups is 2. The highest BCUT2D eigenvalue weighted by Gasteiger charge is 2.50. The average molecular weight is 1660 g/mol. The second-order valence-corrected chi connectivity index (χ2v) is 31.1. The minimum absolute atomic E-state index is 0.0103. The van der Waals surface area contributed by atoms with Gasteiger partial charge in [-0.25, -0.2) is 38.5 Å². The number of amides is 2. The lowest BCUT2D eigenvalue weighted by Crippen LogP contribution is -2.33. The minimum Gasteiger partial charge on any atom is -0.744 e. The largest absolute Gasteiger partial charge is 0.744 e. The zero-order chi connectivity index (χ0) is 81.2. The monoisotopic (exact) mass is 1660 g/mol. The average Bonchev–Trinajstić information content (AvgIpc) is 1.55. The molecule has 1 fully saturated rings. The Balaban J connectivity index is 1.23. The maximum Gasteiger partial charge on any atom is 0.335 e. The van der Waals surface area contributed by atoms with Crippen LogP contribution in [-0.2, 0) is 146 Å². The Morgan fingerprint density at radius 2 is 0.821 bits per heavy atom. The van der Waals surface area contributed by atoms with E-state index >= 15 is 0 Å². The van der Waals surface area contributed by atoms with Crippen molar-refractivity contribution in [1.82, 2.24) is 5.06 Å². The lowest BCUT2D eigenvalue weighted by Gasteiger charge is -2.31. The minimum atomic E-state index is -5.44. The summed E-state index contributed by atoms with van der Waals surface area (Å²) in [6.45, 7) is 9.74. The summed E-state index contributed by atoms with van der Waals surface area (Å²) in [5.41, 5.74) is 0.105. The van der Waals surface area contributed by atoms with E-state index in [9.17, 15) is 66.3 Å². The summed E-state index contributed by atoms with van der Waals surface area (Å²) in [5, 5.41) is 0.127. The van der Waals surface area contributed by atoms with E-state index in [1.807, 2.05) is 23.3 Å². The first-order valence-electron chi connectivity index (χ1n) is 36.2. The van der Waals surface area contributed by atoms with Gasteiger partial charge in [0, 0.05) is 93.8 Å². The molecule has 4 aromatic rings. The number of ether oxygens (including phenoxy) is 16. The summed E-state index contributed by atoms with van der Waals surface area (Å²) < 4.78 is 248. The number of imide groups is 1. The van der Waals surface area contributed by atoms with Gasteiger partial charge in [-0.1, -0.05) is 24.3 Å². The van der Waals surface area contributed by atoms with E-state index in [0.717, 1.165) is 12.1 Å². The summed E-state index contributed by atoms with van der Waals surface area (Å²) in [5.74, 6) is -1.99. The highest BCUT2D eigenvalue weighted by Crippen LogP contribution is 2.54. The van der Waals surface area contributed by atoms with Gasteiger partial charge < -0.3 is 104 Å². The van der Waals surface area contributed by atoms with Crippen LogP contribution >= 0.6 is 0 Å². The molecule has 0 aromatic heterocycles. The molecule has 626 valence electrons. The lowest BCUT2D eigenvalue weighted by molar-refractivity contribution is -0.442. The lowest BCUT2D eigenvalue weighted by atomic mass is 9.75. The van der Waals surface area contributed by atoms with E-state index in [-0.39, 0.29) is 199 Å². The first kappa shape index (κ1) is 92.9. The number of carbonyl (C=O) groups excluding carboxylic acids is 3. The van der Waals surface area contributed by atoms with Crippen molar-refractivity contribution in [2.45, 2.75) is 76.4 Å². The van der Waals surface area contributed by atoms with Crippen LogP contribution in [0.25, 0.3) is 21.5 Å². The number of anilines is 1. The Morgan fingerprint density at radius 3 is 1.25 bits per heavy atom. The molecule has 1 saturated heterocycles. The molecule has 0 saturated carbocycles. The van der Waals surface area contributed by atoms with Gasteiger partial charge in [0.25, 0.3) is 11.8 Å². The van der Waals surface area contributed by atoms with Gasteiger partial charge in [-0.3, -0.25) is 9.59 Å². The molecule has 2 unspecified atom stereocenters. The normalized spacial score (nSPS) is 17.4. The van der Waals surface area contributed by atoms with Crippen LogP contribution in [0.1, 0.15) is 57.1 Å². The smallest absolute Gasteiger partial charge is 0.335 e. The van der Waals surface area contributed by atoms with Crippen molar-refractivity contribution in [2.75, 3.05) is 231 Å². The Kier molecular flexibility index (Phi) is 38.5. The number of hydrogen-bond acceptors (Lipinski definition) is 33. The summed E-state index contributed by atoms with van der Waals surface area (Å²) in [4.78, 5) is 38.5. The third-order valence-electron chi connectivity index (χ3n) is 18.0. The molecule has 4 aromatic carbocycles. The van der Waals surface area contributed by atoms with Gasteiger partial charge in [0.05, 0.1) is 203 Å². The number of nitrogens with zero attached hydrogens (tertiary/aromatic N) is 3. The Bertz CT molecular complexity index is 4330. The summed E-state index contributed by atoms with van der Waals surface area (Å²) in [6, 6.07) is 9.13. The van der Waals surface area contributed by atoms with E-state index in [1.54, 1.807) is 63.8 Å². The van der Waals surface area contributed by atoms with E-state index < -0.39 is 88.7 Å². The van der Waals surface area contributed by atoms with E-state index in [2.05, 4.69) is 0 Å². The molecule has 7 rings (SSSR count). The van der Waals surface area contributed by atoms with Crippen LogP contribution in [0.2, 0.25) is 0 Å². The van der Waals surface area contributed by atoms with Gasteiger partial charge in [-0.05, 0) is 90.9 Å². The van der Waals surface area contributed by atoms with Crippen LogP contribution in [0.15, 0.2) is 104 Å². The van der Waals surface area contributed by atoms with Crippen molar-refractivity contribution in [1.29, 1.82) is 0 Å². The Morgan fingerprint density at radius 1 is 0.438 bits per heavy atom. The van der Waals surface area contributed by atoms with Crippen LogP contribution in [0, 0.1) is 0 Å². The molecule has 35 nitrogen and oxygen atoms in total. The standard InChI is InChI=1S/C73H103N3O32S4/c1-72(18-23-96-34-39-104-46-43-100-30-27-92-3)65(74(20-25-98-36-41-106-48-45-102-32-29-94-5)61-13-11-57-59(70(61)72)51-55(109(80,81)82)53-63(57)111(86,87)88)9-7-6-8-10-66-73(2,19-24-97-35-40-105-47-44-101-31-28-93-4)71-60-52-56(110(83,84)85)54-64(112(89,90)91)58(60)12-14-62(71)75(66)21-26-99-37-42-107-50-49-103-38-33-95-22-17-69(79)108-76-67(77)15-16-68(76)78/h6-14,51-54H,15-50H2,1-5H3,(H3-,80,81,82,83,84,85,86,87,88,89,90,91)/p-3. The third-order valence-corrected chi connectivity index (χ3v) is 21.4. The quantitative estimate of drug-likeness (QED) is 0.0200. The van der Waals surface area contributed by atoms with Gasteiger partial charge in [0.15, 0.2) is 12.3 Å². The first-order chi connectivity index (χ1) is 53.6. The van der Waals surface area contributed by atoms with Gasteiger partial charge in [0.2, 0.25) is 5.69 Å². The van der Waals surface area contributed by atoms with E-state index in [4.69, 9.17) is 80.6 Å². The van der Waals surface area contributed by atoms with Crippen molar-refractivity contribution in [3.8, 4) is 0 Å². The van der Waals surface area contributed by atoms with Crippen molar-refractivity contribution in [3.63, 3.8) is 0 Å². The molecular formula is C73H100N3O32S4-3. The predicted molar refractivity (Wildman–Crippen MR) is 395 cm³/mol. The number of rotatable bonds is 59. The van der Waals surface area contributed by atoms with Crippen molar-refractivity contribution >= 4 is 96.9 Å². The second kappa shape index (κ2) is 46.4.